The molecule has 2 aliphatic heterocycles. The summed E-state index contributed by atoms with van der Waals surface area (Å²) in [4.78, 5) is 20.5. The van der Waals surface area contributed by atoms with Crippen LogP contribution in [-0.4, -0.2) is 26.2 Å². The van der Waals surface area contributed by atoms with E-state index in [9.17, 15) is 0 Å². The lowest BCUT2D eigenvalue weighted by Gasteiger charge is -2.44. The molecule has 0 aliphatic carbocycles. The summed E-state index contributed by atoms with van der Waals surface area (Å²) >= 11 is 0. The summed E-state index contributed by atoms with van der Waals surface area (Å²) in [5.41, 5.74) is 25.8. The van der Waals surface area contributed by atoms with Crippen molar-refractivity contribution in [1.82, 2.24) is 19.5 Å². The van der Waals surface area contributed by atoms with Crippen LogP contribution < -0.4 is 26.2 Å². The van der Waals surface area contributed by atoms with Gasteiger partial charge in [-0.15, -0.1) is 0 Å². The number of aromatic nitrogens is 4. The van der Waals surface area contributed by atoms with Crippen molar-refractivity contribution in [3.05, 3.63) is 322 Å². The molecule has 15 aromatic rings. The van der Waals surface area contributed by atoms with Gasteiger partial charge in [0.15, 0.2) is 17.5 Å². The fourth-order valence-corrected chi connectivity index (χ4v) is 13.6. The Kier molecular flexibility index (Phi) is 12.2. The van der Waals surface area contributed by atoms with E-state index in [-0.39, 0.29) is 6.71 Å². The monoisotopic (exact) mass is 1120 g/mol. The van der Waals surface area contributed by atoms with Crippen molar-refractivity contribution in [2.45, 2.75) is 0 Å². The molecule has 17 rings (SSSR count). The van der Waals surface area contributed by atoms with Crippen LogP contribution in [0.15, 0.2) is 322 Å². The highest BCUT2D eigenvalue weighted by Crippen LogP contribution is 2.46. The summed E-state index contributed by atoms with van der Waals surface area (Å²) < 4.78 is 2.46. The van der Waals surface area contributed by atoms with Crippen molar-refractivity contribution in [3.8, 4) is 84.4 Å². The summed E-state index contributed by atoms with van der Waals surface area (Å²) in [7, 11) is 0. The maximum absolute atomic E-state index is 5.27. The zero-order chi connectivity index (χ0) is 58.1. The number of anilines is 6. The molecule has 0 bridgehead atoms. The molecule has 7 heteroatoms. The lowest BCUT2D eigenvalue weighted by Crippen LogP contribution is -2.61. The number of fused-ring (bicyclic) bond motifs is 7. The van der Waals surface area contributed by atoms with Gasteiger partial charge in [-0.25, -0.2) is 15.0 Å². The molecule has 0 radical (unpaired) electrons. The highest BCUT2D eigenvalue weighted by Gasteiger charge is 2.43. The van der Waals surface area contributed by atoms with Gasteiger partial charge in [-0.1, -0.05) is 224 Å². The molecule has 0 unspecified atom stereocenters. The first kappa shape index (κ1) is 50.8. The topological polar surface area (TPSA) is 50.1 Å². The second-order valence-electron chi connectivity index (χ2n) is 22.7. The van der Waals surface area contributed by atoms with E-state index in [0.717, 1.165) is 67.0 Å². The highest BCUT2D eigenvalue weighted by atomic mass is 15.2. The van der Waals surface area contributed by atoms with Crippen LogP contribution in [0.4, 0.5) is 34.1 Å². The Hall–Kier alpha value is -11.7. The van der Waals surface area contributed by atoms with Gasteiger partial charge in [0.25, 0.3) is 6.71 Å². The first-order valence-electron chi connectivity index (χ1n) is 30.0. The molecule has 88 heavy (non-hydrogen) atoms. The Labute approximate surface area is 511 Å². The molecule has 2 aromatic heterocycles. The van der Waals surface area contributed by atoms with Gasteiger partial charge >= 0.3 is 0 Å². The molecule has 410 valence electrons. The van der Waals surface area contributed by atoms with Crippen molar-refractivity contribution < 1.29 is 0 Å². The molecule has 4 heterocycles. The van der Waals surface area contributed by atoms with Gasteiger partial charge in [0.2, 0.25) is 0 Å². The average Bonchev–Trinajstić information content (AvgIpc) is 1.26. The summed E-state index contributed by atoms with van der Waals surface area (Å²) in [6, 6.07) is 116. The maximum Gasteiger partial charge on any atom is 0.252 e. The van der Waals surface area contributed by atoms with Crippen LogP contribution >= 0.6 is 0 Å². The van der Waals surface area contributed by atoms with E-state index in [0.29, 0.717) is 17.5 Å². The molecular formula is C81H53BN6. The second-order valence-corrected chi connectivity index (χ2v) is 22.7. The Balaban J connectivity index is 0.853. The third-order valence-corrected chi connectivity index (χ3v) is 17.6. The van der Waals surface area contributed by atoms with Crippen molar-refractivity contribution in [2.75, 3.05) is 9.80 Å². The molecule has 0 spiro atoms. The van der Waals surface area contributed by atoms with E-state index in [1.165, 1.54) is 72.2 Å². The average molecular weight is 1120 g/mol. The molecule has 0 amide bonds. The van der Waals surface area contributed by atoms with Gasteiger partial charge in [-0.3, -0.25) is 0 Å². The highest BCUT2D eigenvalue weighted by molar-refractivity contribution is 7.00. The van der Waals surface area contributed by atoms with Crippen LogP contribution in [0.2, 0.25) is 0 Å². The SMILES string of the molecule is c1ccc(-c2ccc3c(c2)c2cc(-c4ccccc4)ccc2n3-c2ccc(-c3nc(-c4ccccc4)nc(-c4ccccc4)n3)cc2-c2cccc(-c3cccc(N4c5ccccc5B5c6ccccc6N(c6ccccc6)c6cccc4c65)c3)c2)cc1. The largest absolute Gasteiger partial charge is 0.311 e. The second kappa shape index (κ2) is 21.1. The molecule has 0 N–H and O–H groups in total. The number of rotatable bonds is 10. The third kappa shape index (κ3) is 8.62. The smallest absolute Gasteiger partial charge is 0.252 e. The van der Waals surface area contributed by atoms with Gasteiger partial charge in [0, 0.05) is 67.2 Å². The Morgan fingerprint density at radius 2 is 0.625 bits per heavy atom. The molecule has 6 nitrogen and oxygen atoms in total. The number of hydrogen-bond donors (Lipinski definition) is 0. The molecule has 0 fully saturated rings. The third-order valence-electron chi connectivity index (χ3n) is 17.6. The Bertz CT molecular complexity index is 5010. The van der Waals surface area contributed by atoms with Crippen molar-refractivity contribution >= 4 is 79.0 Å². The summed E-state index contributed by atoms with van der Waals surface area (Å²) in [6.07, 6.45) is 0. The van der Waals surface area contributed by atoms with E-state index < -0.39 is 0 Å². The van der Waals surface area contributed by atoms with Gasteiger partial charge in [0.05, 0.1) is 16.7 Å². The van der Waals surface area contributed by atoms with Crippen molar-refractivity contribution in [1.29, 1.82) is 0 Å². The predicted octanol–water partition coefficient (Wildman–Crippen LogP) is 18.7. The fourth-order valence-electron chi connectivity index (χ4n) is 13.6. The molecule has 0 saturated heterocycles. The quantitative estimate of drug-likeness (QED) is 0.128. The van der Waals surface area contributed by atoms with Gasteiger partial charge < -0.3 is 14.4 Å². The van der Waals surface area contributed by atoms with E-state index >= 15 is 0 Å². The van der Waals surface area contributed by atoms with Gasteiger partial charge in [-0.2, -0.15) is 0 Å². The minimum atomic E-state index is 0.0541. The van der Waals surface area contributed by atoms with Crippen LogP contribution in [0.5, 0.6) is 0 Å². The van der Waals surface area contributed by atoms with E-state index in [1.54, 1.807) is 0 Å². The molecule has 13 aromatic carbocycles. The lowest BCUT2D eigenvalue weighted by molar-refractivity contribution is 1.07. The van der Waals surface area contributed by atoms with Crippen molar-refractivity contribution in [2.24, 2.45) is 0 Å². The molecule has 2 aliphatic rings. The summed E-state index contributed by atoms with van der Waals surface area (Å²) in [5, 5.41) is 2.35. The minimum absolute atomic E-state index is 0.0541. The fraction of sp³-hybridized carbons (Fsp3) is 0. The first-order chi connectivity index (χ1) is 43.6. The van der Waals surface area contributed by atoms with E-state index in [2.05, 4.69) is 299 Å². The standard InChI is InChI=1S/C81H53BN6/c1-6-23-54(24-7-1)60-43-46-72-67(51-60)68-52-61(55-25-8-2-9-26-55)44-47-73(68)88(72)71-48-45-63(81-84-79(56-27-10-3-11-28-56)83-80(85-81)57-29-12-4-13-30-57)53-66(71)62-33-20-31-58(49-62)59-32-21-36-65(50-59)87-75-40-19-17-38-70(75)82-69-37-16-18-39-74(69)86(64-34-14-5-15-35-64)76-41-22-42-77(87)78(76)82/h1-53H. The number of benzene rings is 13. The molecule has 0 atom stereocenters. The van der Waals surface area contributed by atoms with Gasteiger partial charge in [-0.05, 0) is 152 Å². The number of para-hydroxylation sites is 3. The lowest BCUT2D eigenvalue weighted by atomic mass is 9.33. The maximum atomic E-state index is 5.27. The normalized spacial score (nSPS) is 12.2. The van der Waals surface area contributed by atoms with Crippen LogP contribution in [0, 0.1) is 0 Å². The van der Waals surface area contributed by atoms with Crippen LogP contribution in [0.3, 0.4) is 0 Å². The number of hydrogen-bond acceptors (Lipinski definition) is 5. The van der Waals surface area contributed by atoms with E-state index in [4.69, 9.17) is 15.0 Å². The zero-order valence-corrected chi connectivity index (χ0v) is 47.9. The Morgan fingerprint density at radius 1 is 0.239 bits per heavy atom. The first-order valence-corrected chi connectivity index (χ1v) is 30.0. The summed E-state index contributed by atoms with van der Waals surface area (Å²) in [5.74, 6) is 1.82. The van der Waals surface area contributed by atoms with Crippen molar-refractivity contribution in [3.63, 3.8) is 0 Å². The van der Waals surface area contributed by atoms with E-state index in [1.807, 2.05) is 36.4 Å². The minimum Gasteiger partial charge on any atom is -0.311 e. The number of nitrogens with zero attached hydrogens (tertiary/aromatic N) is 6. The van der Waals surface area contributed by atoms with Crippen LogP contribution in [0.1, 0.15) is 0 Å². The molecule has 0 saturated carbocycles. The Morgan fingerprint density at radius 3 is 1.18 bits per heavy atom. The zero-order valence-electron chi connectivity index (χ0n) is 47.9. The predicted molar refractivity (Wildman–Crippen MR) is 366 cm³/mol. The summed E-state index contributed by atoms with van der Waals surface area (Å²) in [6.45, 7) is 0.0541. The van der Waals surface area contributed by atoms with Crippen LogP contribution in [-0.2, 0) is 0 Å². The molecular weight excluding hydrogens is 1070 g/mol. The van der Waals surface area contributed by atoms with Gasteiger partial charge in [0.1, 0.15) is 0 Å². The van der Waals surface area contributed by atoms with Crippen LogP contribution in [0.25, 0.3) is 106 Å².